The van der Waals surface area contributed by atoms with E-state index in [1.54, 1.807) is 0 Å². The molecule has 0 aliphatic heterocycles. The molecular weight excluding hydrogens is 248 g/mol. The highest BCUT2D eigenvalue weighted by Crippen LogP contribution is 2.15. The molecule has 1 amide bonds. The molecule has 0 bridgehead atoms. The molecule has 0 fully saturated rings. The molecule has 0 saturated heterocycles. The zero-order chi connectivity index (χ0) is 14.4. The molecule has 2 aromatic rings. The summed E-state index contributed by atoms with van der Waals surface area (Å²) in [6, 6.07) is 7.79. The third-order valence-corrected chi connectivity index (χ3v) is 3.91. The molecule has 1 heterocycles. The molecule has 0 aliphatic carbocycles. The summed E-state index contributed by atoms with van der Waals surface area (Å²) in [4.78, 5) is 15.3. The first kappa shape index (κ1) is 14.6. The lowest BCUT2D eigenvalue weighted by molar-refractivity contribution is 0.0946. The van der Waals surface area contributed by atoms with Gasteiger partial charge < -0.3 is 10.3 Å². The van der Waals surface area contributed by atoms with Gasteiger partial charge >= 0.3 is 0 Å². The average Bonchev–Trinajstić information content (AvgIpc) is 2.94. The van der Waals surface area contributed by atoms with Crippen LogP contribution >= 0.6 is 0 Å². The molecule has 0 radical (unpaired) electrons. The van der Waals surface area contributed by atoms with E-state index >= 15 is 0 Å². The van der Waals surface area contributed by atoms with Gasteiger partial charge in [0.1, 0.15) is 0 Å². The fourth-order valence-corrected chi connectivity index (χ4v) is 2.47. The summed E-state index contributed by atoms with van der Waals surface area (Å²) < 4.78 is 0. The van der Waals surface area contributed by atoms with Crippen LogP contribution in [-0.2, 0) is 0 Å². The van der Waals surface area contributed by atoms with Crippen LogP contribution < -0.4 is 5.32 Å². The van der Waals surface area contributed by atoms with Crippen molar-refractivity contribution in [3.8, 4) is 0 Å². The number of hydrogen-bond donors (Lipinski definition) is 2. The second-order valence-electron chi connectivity index (χ2n) is 5.41. The van der Waals surface area contributed by atoms with Crippen LogP contribution in [0.4, 0.5) is 0 Å². The van der Waals surface area contributed by atoms with E-state index in [0.29, 0.717) is 5.92 Å². The number of amides is 1. The van der Waals surface area contributed by atoms with Crippen molar-refractivity contribution in [2.45, 2.75) is 39.5 Å². The molecule has 20 heavy (non-hydrogen) atoms. The van der Waals surface area contributed by atoms with Gasteiger partial charge in [0, 0.05) is 23.8 Å². The quantitative estimate of drug-likeness (QED) is 0.782. The normalized spacial score (nSPS) is 12.5. The lowest BCUT2D eigenvalue weighted by atomic mass is 9.99. The Morgan fingerprint density at radius 3 is 2.90 bits per heavy atom. The van der Waals surface area contributed by atoms with Crippen LogP contribution in [0.3, 0.4) is 0 Å². The molecule has 2 rings (SSSR count). The molecule has 108 valence electrons. The van der Waals surface area contributed by atoms with Gasteiger partial charge in [-0.25, -0.2) is 0 Å². The second kappa shape index (κ2) is 7.13. The predicted octanol–water partition coefficient (Wildman–Crippen LogP) is 4.11. The van der Waals surface area contributed by atoms with E-state index < -0.39 is 0 Å². The Morgan fingerprint density at radius 2 is 2.15 bits per heavy atom. The largest absolute Gasteiger partial charge is 0.361 e. The maximum atomic E-state index is 12.2. The molecule has 3 nitrogen and oxygen atoms in total. The Bertz CT molecular complexity index is 559. The number of aromatic nitrogens is 1. The molecule has 1 aromatic heterocycles. The number of unbranched alkanes of at least 4 members (excludes halogenated alkanes) is 1. The van der Waals surface area contributed by atoms with Crippen molar-refractivity contribution in [3.05, 3.63) is 36.0 Å². The molecule has 1 aromatic carbocycles. The third kappa shape index (κ3) is 3.62. The zero-order valence-corrected chi connectivity index (χ0v) is 12.4. The van der Waals surface area contributed by atoms with Crippen molar-refractivity contribution in [2.24, 2.45) is 5.92 Å². The minimum atomic E-state index is 0.0245. The van der Waals surface area contributed by atoms with E-state index in [9.17, 15) is 4.79 Å². The van der Waals surface area contributed by atoms with Crippen LogP contribution in [0.1, 0.15) is 49.9 Å². The summed E-state index contributed by atoms with van der Waals surface area (Å²) in [5.74, 6) is 0.615. The first-order valence-corrected chi connectivity index (χ1v) is 7.60. The SMILES string of the molecule is CCCC[C@H](CC)CNC(=O)c1ccc2cc[nH]c2c1. The van der Waals surface area contributed by atoms with Gasteiger partial charge in [-0.3, -0.25) is 4.79 Å². The summed E-state index contributed by atoms with van der Waals surface area (Å²) in [7, 11) is 0. The standard InChI is InChI=1S/C17H24N2O/c1-3-5-6-13(4-2)12-19-17(20)15-8-7-14-9-10-18-16(14)11-15/h7-11,13,18H,3-6,12H2,1-2H3,(H,19,20)/t13-/m0/s1. The summed E-state index contributed by atoms with van der Waals surface area (Å²) in [5, 5.41) is 4.20. The lowest BCUT2D eigenvalue weighted by Crippen LogP contribution is -2.29. The summed E-state index contributed by atoms with van der Waals surface area (Å²) in [6.45, 7) is 5.17. The second-order valence-corrected chi connectivity index (χ2v) is 5.41. The maximum absolute atomic E-state index is 12.2. The number of carbonyl (C=O) groups excluding carboxylic acids is 1. The van der Waals surface area contributed by atoms with Gasteiger partial charge in [-0.15, -0.1) is 0 Å². The molecule has 0 aliphatic rings. The zero-order valence-electron chi connectivity index (χ0n) is 12.4. The van der Waals surface area contributed by atoms with Crippen molar-refractivity contribution < 1.29 is 4.79 Å². The molecule has 3 heteroatoms. The van der Waals surface area contributed by atoms with Crippen molar-refractivity contribution in [1.29, 1.82) is 0 Å². The Hall–Kier alpha value is -1.77. The molecule has 0 unspecified atom stereocenters. The fraction of sp³-hybridized carbons (Fsp3) is 0.471. The number of fused-ring (bicyclic) bond motifs is 1. The summed E-state index contributed by atoms with van der Waals surface area (Å²) in [6.07, 6.45) is 6.67. The Labute approximate surface area is 120 Å². The molecule has 1 atom stereocenters. The first-order valence-electron chi connectivity index (χ1n) is 7.60. The van der Waals surface area contributed by atoms with Crippen molar-refractivity contribution in [2.75, 3.05) is 6.54 Å². The summed E-state index contributed by atoms with van der Waals surface area (Å²) >= 11 is 0. The van der Waals surface area contributed by atoms with Crippen LogP contribution in [-0.4, -0.2) is 17.4 Å². The highest BCUT2D eigenvalue weighted by Gasteiger charge is 2.10. The minimum absolute atomic E-state index is 0.0245. The van der Waals surface area contributed by atoms with Crippen LogP contribution in [0, 0.1) is 5.92 Å². The monoisotopic (exact) mass is 272 g/mol. The number of nitrogens with one attached hydrogen (secondary N) is 2. The molecule has 0 spiro atoms. The topological polar surface area (TPSA) is 44.9 Å². The highest BCUT2D eigenvalue weighted by atomic mass is 16.1. The molecule has 2 N–H and O–H groups in total. The van der Waals surface area contributed by atoms with Crippen molar-refractivity contribution >= 4 is 16.8 Å². The number of carbonyl (C=O) groups is 1. The van der Waals surface area contributed by atoms with E-state index in [-0.39, 0.29) is 5.91 Å². The van der Waals surface area contributed by atoms with Crippen LogP contribution in [0.5, 0.6) is 0 Å². The molecule has 0 saturated carbocycles. The lowest BCUT2D eigenvalue weighted by Gasteiger charge is -2.15. The van der Waals surface area contributed by atoms with E-state index in [4.69, 9.17) is 0 Å². The number of H-pyrrole nitrogens is 1. The highest BCUT2D eigenvalue weighted by molar-refractivity contribution is 5.97. The Kier molecular flexibility index (Phi) is 5.22. The van der Waals surface area contributed by atoms with Crippen molar-refractivity contribution in [1.82, 2.24) is 10.3 Å². The minimum Gasteiger partial charge on any atom is -0.361 e. The number of aromatic amines is 1. The number of hydrogen-bond acceptors (Lipinski definition) is 1. The van der Waals surface area contributed by atoms with Gasteiger partial charge in [0.25, 0.3) is 5.91 Å². The summed E-state index contributed by atoms with van der Waals surface area (Å²) in [5.41, 5.74) is 1.74. The van der Waals surface area contributed by atoms with Gasteiger partial charge in [-0.1, -0.05) is 39.2 Å². The van der Waals surface area contributed by atoms with Crippen LogP contribution in [0.2, 0.25) is 0 Å². The van der Waals surface area contributed by atoms with Crippen LogP contribution in [0.15, 0.2) is 30.5 Å². The van der Waals surface area contributed by atoms with E-state index in [1.807, 2.05) is 30.5 Å². The maximum Gasteiger partial charge on any atom is 0.251 e. The number of benzene rings is 1. The van der Waals surface area contributed by atoms with Crippen molar-refractivity contribution in [3.63, 3.8) is 0 Å². The number of rotatable bonds is 7. The van der Waals surface area contributed by atoms with E-state index in [0.717, 1.165) is 29.4 Å². The first-order chi connectivity index (χ1) is 9.74. The molecular formula is C17H24N2O. The van der Waals surface area contributed by atoms with Gasteiger partial charge in [0.15, 0.2) is 0 Å². The van der Waals surface area contributed by atoms with Gasteiger partial charge in [-0.2, -0.15) is 0 Å². The van der Waals surface area contributed by atoms with Gasteiger partial charge in [0.2, 0.25) is 0 Å². The third-order valence-electron chi connectivity index (χ3n) is 3.91. The fourth-order valence-electron chi connectivity index (χ4n) is 2.47. The van der Waals surface area contributed by atoms with E-state index in [2.05, 4.69) is 24.1 Å². The smallest absolute Gasteiger partial charge is 0.251 e. The Morgan fingerprint density at radius 1 is 1.30 bits per heavy atom. The average molecular weight is 272 g/mol. The predicted molar refractivity (Wildman–Crippen MR) is 83.9 cm³/mol. The van der Waals surface area contributed by atoms with E-state index in [1.165, 1.54) is 19.3 Å². The van der Waals surface area contributed by atoms with Gasteiger partial charge in [0.05, 0.1) is 0 Å². The van der Waals surface area contributed by atoms with Crippen LogP contribution in [0.25, 0.3) is 10.9 Å². The Balaban J connectivity index is 1.93. The van der Waals surface area contributed by atoms with Gasteiger partial charge in [-0.05, 0) is 35.9 Å².